The molecule has 0 spiro atoms. The fourth-order valence-electron chi connectivity index (χ4n) is 4.12. The Morgan fingerprint density at radius 1 is 1.25 bits per heavy atom. The summed E-state index contributed by atoms with van der Waals surface area (Å²) in [6, 6.07) is 6.06. The van der Waals surface area contributed by atoms with E-state index >= 15 is 0 Å². The Kier molecular flexibility index (Phi) is 4.40. The normalized spacial score (nSPS) is 21.8. The second-order valence-corrected chi connectivity index (χ2v) is 7.94. The number of fused-ring (bicyclic) bond motifs is 1. The number of amides is 2. The standard InChI is InChI=1S/C21H23FN4O2/c1-13-15-11-17(27)25(3)18(15)24-20(23-13)21(2)9-6-10-26(12-21)19(28)14-7-4-5-8-16(14)22/h4-5,7-8H,6,9-12H2,1-3H3/t21-/m0/s1. The van der Waals surface area contributed by atoms with Crippen molar-refractivity contribution in [3.8, 4) is 0 Å². The molecule has 0 bridgehead atoms. The van der Waals surface area contributed by atoms with Gasteiger partial charge in [-0.05, 0) is 31.9 Å². The zero-order valence-electron chi connectivity index (χ0n) is 16.3. The molecule has 1 fully saturated rings. The van der Waals surface area contributed by atoms with Crippen LogP contribution in [0.4, 0.5) is 10.2 Å². The minimum atomic E-state index is -0.510. The second kappa shape index (κ2) is 6.65. The van der Waals surface area contributed by atoms with E-state index in [1.807, 2.05) is 13.8 Å². The van der Waals surface area contributed by atoms with Gasteiger partial charge in [-0.15, -0.1) is 0 Å². The predicted octanol–water partition coefficient (Wildman–Crippen LogP) is 2.64. The molecule has 2 aliphatic heterocycles. The number of carbonyl (C=O) groups excluding carboxylic acids is 2. The van der Waals surface area contributed by atoms with E-state index < -0.39 is 11.2 Å². The molecule has 0 saturated carbocycles. The second-order valence-electron chi connectivity index (χ2n) is 7.94. The van der Waals surface area contributed by atoms with E-state index in [9.17, 15) is 14.0 Å². The largest absolute Gasteiger partial charge is 0.338 e. The van der Waals surface area contributed by atoms with Gasteiger partial charge >= 0.3 is 0 Å². The molecule has 3 heterocycles. The minimum absolute atomic E-state index is 0.00899. The van der Waals surface area contributed by atoms with Gasteiger partial charge in [0, 0.05) is 36.8 Å². The van der Waals surface area contributed by atoms with Crippen LogP contribution in [0.1, 0.15) is 47.2 Å². The Morgan fingerprint density at radius 2 is 2.00 bits per heavy atom. The van der Waals surface area contributed by atoms with Crippen molar-refractivity contribution >= 4 is 17.6 Å². The molecule has 7 heteroatoms. The highest BCUT2D eigenvalue weighted by molar-refractivity contribution is 6.00. The monoisotopic (exact) mass is 382 g/mol. The number of carbonyl (C=O) groups is 2. The number of halogens is 1. The Bertz CT molecular complexity index is 977. The van der Waals surface area contributed by atoms with E-state index in [1.54, 1.807) is 29.0 Å². The van der Waals surface area contributed by atoms with Crippen LogP contribution in [-0.4, -0.2) is 46.8 Å². The number of aromatic nitrogens is 2. The maximum atomic E-state index is 14.1. The molecule has 6 nitrogen and oxygen atoms in total. The first-order valence-electron chi connectivity index (χ1n) is 9.48. The van der Waals surface area contributed by atoms with Crippen LogP contribution in [0, 0.1) is 12.7 Å². The van der Waals surface area contributed by atoms with Crippen LogP contribution in [0.2, 0.25) is 0 Å². The Morgan fingerprint density at radius 3 is 2.75 bits per heavy atom. The molecule has 2 amide bonds. The third kappa shape index (κ3) is 2.95. The topological polar surface area (TPSA) is 66.4 Å². The van der Waals surface area contributed by atoms with E-state index in [0.29, 0.717) is 31.2 Å². The summed E-state index contributed by atoms with van der Waals surface area (Å²) >= 11 is 0. The van der Waals surface area contributed by atoms with Crippen molar-refractivity contribution in [2.24, 2.45) is 0 Å². The SMILES string of the molecule is Cc1nc([C@@]2(C)CCCN(C(=O)c3ccccc3F)C2)nc2c1CC(=O)N2C. The van der Waals surface area contributed by atoms with Gasteiger partial charge in [-0.1, -0.05) is 19.1 Å². The summed E-state index contributed by atoms with van der Waals surface area (Å²) in [7, 11) is 1.72. The summed E-state index contributed by atoms with van der Waals surface area (Å²) in [4.78, 5) is 37.6. The van der Waals surface area contributed by atoms with Gasteiger partial charge in [0.05, 0.1) is 12.0 Å². The van der Waals surface area contributed by atoms with Gasteiger partial charge < -0.3 is 4.90 Å². The number of likely N-dealkylation sites (tertiary alicyclic amines) is 1. The highest BCUT2D eigenvalue weighted by Gasteiger charge is 2.39. The first-order valence-corrected chi connectivity index (χ1v) is 9.48. The fraction of sp³-hybridized carbons (Fsp3) is 0.429. The molecule has 1 saturated heterocycles. The molecule has 0 N–H and O–H groups in total. The van der Waals surface area contributed by atoms with E-state index in [0.717, 1.165) is 24.1 Å². The number of nitrogens with zero attached hydrogens (tertiary/aromatic N) is 4. The lowest BCUT2D eigenvalue weighted by Gasteiger charge is -2.39. The minimum Gasteiger partial charge on any atom is -0.338 e. The lowest BCUT2D eigenvalue weighted by molar-refractivity contribution is -0.117. The van der Waals surface area contributed by atoms with Gasteiger partial charge in [-0.25, -0.2) is 14.4 Å². The number of likely N-dealkylation sites (N-methyl/N-ethyl adjacent to an activating group) is 1. The van der Waals surface area contributed by atoms with Crippen LogP contribution >= 0.6 is 0 Å². The van der Waals surface area contributed by atoms with Gasteiger partial charge in [-0.3, -0.25) is 14.5 Å². The first-order chi connectivity index (χ1) is 13.3. The summed E-state index contributed by atoms with van der Waals surface area (Å²) < 4.78 is 14.1. The lowest BCUT2D eigenvalue weighted by atomic mass is 9.80. The molecule has 0 aliphatic carbocycles. The van der Waals surface area contributed by atoms with Crippen molar-refractivity contribution < 1.29 is 14.0 Å². The van der Waals surface area contributed by atoms with Gasteiger partial charge in [0.25, 0.3) is 5.91 Å². The van der Waals surface area contributed by atoms with Crippen molar-refractivity contribution in [2.45, 2.75) is 38.5 Å². The van der Waals surface area contributed by atoms with E-state index in [2.05, 4.69) is 0 Å². The van der Waals surface area contributed by atoms with Crippen LogP contribution in [0.5, 0.6) is 0 Å². The predicted molar refractivity (Wildman–Crippen MR) is 103 cm³/mol. The van der Waals surface area contributed by atoms with Gasteiger partial charge in [-0.2, -0.15) is 0 Å². The molecule has 1 aromatic heterocycles. The molecule has 4 rings (SSSR count). The van der Waals surface area contributed by atoms with Gasteiger partial charge in [0.15, 0.2) is 0 Å². The van der Waals surface area contributed by atoms with Gasteiger partial charge in [0.2, 0.25) is 5.91 Å². The van der Waals surface area contributed by atoms with Crippen LogP contribution in [0.25, 0.3) is 0 Å². The molecule has 146 valence electrons. The Labute approximate surface area is 163 Å². The number of piperidine rings is 1. The van der Waals surface area contributed by atoms with Crippen LogP contribution in [0.15, 0.2) is 24.3 Å². The van der Waals surface area contributed by atoms with Crippen molar-refractivity contribution in [3.05, 3.63) is 52.7 Å². The van der Waals surface area contributed by atoms with E-state index in [1.165, 1.54) is 12.1 Å². The van der Waals surface area contributed by atoms with Crippen molar-refractivity contribution in [1.82, 2.24) is 14.9 Å². The Balaban J connectivity index is 1.66. The first kappa shape index (κ1) is 18.5. The molecule has 2 aromatic rings. The average Bonchev–Trinajstić information content (AvgIpc) is 2.97. The van der Waals surface area contributed by atoms with Crippen molar-refractivity contribution in [3.63, 3.8) is 0 Å². The van der Waals surface area contributed by atoms with E-state index in [-0.39, 0.29) is 17.4 Å². The number of hydrogen-bond acceptors (Lipinski definition) is 4. The number of rotatable bonds is 2. The summed E-state index contributed by atoms with van der Waals surface area (Å²) in [5.41, 5.74) is 1.31. The molecular weight excluding hydrogens is 359 g/mol. The zero-order valence-corrected chi connectivity index (χ0v) is 16.3. The zero-order chi connectivity index (χ0) is 20.1. The Hall–Kier alpha value is -2.83. The van der Waals surface area contributed by atoms with Crippen LogP contribution < -0.4 is 4.90 Å². The number of benzene rings is 1. The molecule has 1 aromatic carbocycles. The average molecular weight is 382 g/mol. The molecule has 28 heavy (non-hydrogen) atoms. The molecule has 0 radical (unpaired) electrons. The fourth-order valence-corrected chi connectivity index (χ4v) is 4.12. The summed E-state index contributed by atoms with van der Waals surface area (Å²) in [5, 5.41) is 0. The van der Waals surface area contributed by atoms with Crippen LogP contribution in [-0.2, 0) is 16.6 Å². The highest BCUT2D eigenvalue weighted by atomic mass is 19.1. The molecule has 0 unspecified atom stereocenters. The van der Waals surface area contributed by atoms with E-state index in [4.69, 9.17) is 9.97 Å². The third-order valence-corrected chi connectivity index (χ3v) is 5.84. The molecular formula is C21H23FN4O2. The number of hydrogen-bond donors (Lipinski definition) is 0. The molecule has 2 aliphatic rings. The third-order valence-electron chi connectivity index (χ3n) is 5.84. The van der Waals surface area contributed by atoms with Crippen LogP contribution in [0.3, 0.4) is 0 Å². The summed E-state index contributed by atoms with van der Waals surface area (Å²) in [5.74, 6) is 0.482. The lowest BCUT2D eigenvalue weighted by Crippen LogP contribution is -2.48. The van der Waals surface area contributed by atoms with Crippen molar-refractivity contribution in [1.29, 1.82) is 0 Å². The molecule has 1 atom stereocenters. The maximum Gasteiger partial charge on any atom is 0.256 e. The maximum absolute atomic E-state index is 14.1. The number of aryl methyl sites for hydroxylation is 1. The smallest absolute Gasteiger partial charge is 0.256 e. The quantitative estimate of drug-likeness (QED) is 0.801. The highest BCUT2D eigenvalue weighted by Crippen LogP contribution is 2.36. The summed E-state index contributed by atoms with van der Waals surface area (Å²) in [6.07, 6.45) is 1.93. The van der Waals surface area contributed by atoms with Gasteiger partial charge in [0.1, 0.15) is 17.5 Å². The van der Waals surface area contributed by atoms with Crippen molar-refractivity contribution in [2.75, 3.05) is 25.0 Å². The summed E-state index contributed by atoms with van der Waals surface area (Å²) in [6.45, 7) is 4.91. The number of anilines is 1.